The van der Waals surface area contributed by atoms with Crippen LogP contribution in [-0.2, 0) is 9.59 Å². The van der Waals surface area contributed by atoms with E-state index in [-0.39, 0.29) is 17.3 Å². The fourth-order valence-corrected chi connectivity index (χ4v) is 4.78. The molecule has 1 N–H and O–H groups in total. The predicted octanol–water partition coefficient (Wildman–Crippen LogP) is 6.81. The van der Waals surface area contributed by atoms with Gasteiger partial charge >= 0.3 is 0 Å². The smallest absolute Gasteiger partial charge is 0.300 e. The number of carbonyl (C=O) groups excluding carboxylic acids is 2. The molecule has 37 heavy (non-hydrogen) atoms. The predicted molar refractivity (Wildman–Crippen MR) is 146 cm³/mol. The standard InChI is InChI=1S/C30H30ClNO5/c1-6-37-22-13-11-21(12-14-22)32-27(19-7-9-20(31)10-8-19)26(29(34)30(32)35)28(33)24-16-23(17(2)3)25(36-5)15-18(24)4/h7-17,27,33H,6H2,1-5H3/b28-26+. The molecule has 0 aliphatic carbocycles. The Bertz CT molecular complexity index is 1360. The number of amides is 1. The highest BCUT2D eigenvalue weighted by molar-refractivity contribution is 6.51. The van der Waals surface area contributed by atoms with Gasteiger partial charge in [0.1, 0.15) is 17.3 Å². The second-order valence-corrected chi connectivity index (χ2v) is 9.65. The fourth-order valence-electron chi connectivity index (χ4n) is 4.66. The van der Waals surface area contributed by atoms with E-state index in [1.54, 1.807) is 55.6 Å². The van der Waals surface area contributed by atoms with Crippen molar-refractivity contribution in [1.29, 1.82) is 0 Å². The lowest BCUT2D eigenvalue weighted by Crippen LogP contribution is -2.29. The second kappa shape index (κ2) is 10.7. The maximum atomic E-state index is 13.5. The van der Waals surface area contributed by atoms with E-state index in [9.17, 15) is 14.7 Å². The van der Waals surface area contributed by atoms with Crippen LogP contribution in [0, 0.1) is 6.92 Å². The summed E-state index contributed by atoms with van der Waals surface area (Å²) in [4.78, 5) is 28.3. The van der Waals surface area contributed by atoms with Gasteiger partial charge < -0.3 is 14.6 Å². The second-order valence-electron chi connectivity index (χ2n) is 9.21. The van der Waals surface area contributed by atoms with Crippen LogP contribution in [-0.4, -0.2) is 30.5 Å². The van der Waals surface area contributed by atoms with Crippen molar-refractivity contribution in [1.82, 2.24) is 0 Å². The van der Waals surface area contributed by atoms with Crippen LogP contribution in [0.15, 0.2) is 66.2 Å². The van der Waals surface area contributed by atoms with Gasteiger partial charge in [-0.2, -0.15) is 0 Å². The maximum absolute atomic E-state index is 13.5. The van der Waals surface area contributed by atoms with Crippen LogP contribution in [0.5, 0.6) is 11.5 Å². The Hall–Kier alpha value is -3.77. The average molecular weight is 520 g/mol. The first-order valence-electron chi connectivity index (χ1n) is 12.2. The summed E-state index contributed by atoms with van der Waals surface area (Å²) in [6, 6.07) is 16.7. The number of benzene rings is 3. The third-order valence-electron chi connectivity index (χ3n) is 6.51. The molecule has 3 aromatic rings. The van der Waals surface area contributed by atoms with Gasteiger partial charge in [-0.05, 0) is 85.0 Å². The van der Waals surface area contributed by atoms with Crippen molar-refractivity contribution in [2.75, 3.05) is 18.6 Å². The minimum absolute atomic E-state index is 0.0178. The number of aliphatic hydroxyl groups is 1. The summed E-state index contributed by atoms with van der Waals surface area (Å²) in [6.45, 7) is 8.28. The van der Waals surface area contributed by atoms with Gasteiger partial charge in [-0.15, -0.1) is 0 Å². The fraction of sp³-hybridized carbons (Fsp3) is 0.267. The zero-order valence-corrected chi connectivity index (χ0v) is 22.3. The lowest BCUT2D eigenvalue weighted by atomic mass is 9.91. The quantitative estimate of drug-likeness (QED) is 0.211. The van der Waals surface area contributed by atoms with Crippen LogP contribution >= 0.6 is 11.6 Å². The number of carbonyl (C=O) groups is 2. The molecule has 0 saturated carbocycles. The van der Waals surface area contributed by atoms with E-state index >= 15 is 0 Å². The topological polar surface area (TPSA) is 76.1 Å². The Morgan fingerprint density at radius 2 is 1.70 bits per heavy atom. The van der Waals surface area contributed by atoms with Crippen molar-refractivity contribution in [2.24, 2.45) is 0 Å². The molecule has 4 rings (SSSR count). The van der Waals surface area contributed by atoms with E-state index < -0.39 is 17.7 Å². The van der Waals surface area contributed by atoms with Gasteiger partial charge in [-0.1, -0.05) is 37.6 Å². The summed E-state index contributed by atoms with van der Waals surface area (Å²) in [5.74, 6) is -0.239. The monoisotopic (exact) mass is 519 g/mol. The lowest BCUT2D eigenvalue weighted by Gasteiger charge is -2.26. The minimum Gasteiger partial charge on any atom is -0.507 e. The Balaban J connectivity index is 1.94. The Kier molecular flexibility index (Phi) is 7.60. The van der Waals surface area contributed by atoms with Crippen LogP contribution < -0.4 is 14.4 Å². The summed E-state index contributed by atoms with van der Waals surface area (Å²) in [7, 11) is 1.60. The van der Waals surface area contributed by atoms with Crippen LogP contribution in [0.4, 0.5) is 5.69 Å². The molecule has 1 fully saturated rings. The van der Waals surface area contributed by atoms with Gasteiger partial charge in [0.05, 0.1) is 25.3 Å². The van der Waals surface area contributed by atoms with Gasteiger partial charge in [-0.3, -0.25) is 14.5 Å². The van der Waals surface area contributed by atoms with E-state index in [0.717, 1.165) is 11.1 Å². The number of hydrogen-bond donors (Lipinski definition) is 1. The van der Waals surface area contributed by atoms with E-state index in [0.29, 0.717) is 39.9 Å². The number of methoxy groups -OCH3 is 1. The highest BCUT2D eigenvalue weighted by atomic mass is 35.5. The summed E-state index contributed by atoms with van der Waals surface area (Å²) < 4.78 is 11.1. The average Bonchev–Trinajstić information content (AvgIpc) is 3.14. The molecule has 1 atom stereocenters. The molecule has 3 aromatic carbocycles. The molecule has 192 valence electrons. The SMILES string of the molecule is CCOc1ccc(N2C(=O)C(=O)/C(=C(/O)c3cc(C(C)C)c(OC)cc3C)C2c2ccc(Cl)cc2)cc1. The molecule has 1 saturated heterocycles. The van der Waals surface area contributed by atoms with Gasteiger partial charge in [0.2, 0.25) is 0 Å². The highest BCUT2D eigenvalue weighted by Gasteiger charge is 2.47. The van der Waals surface area contributed by atoms with Crippen LogP contribution in [0.25, 0.3) is 5.76 Å². The molecule has 6 nitrogen and oxygen atoms in total. The summed E-state index contributed by atoms with van der Waals surface area (Å²) in [5, 5.41) is 12.1. The Labute approximate surface area is 222 Å². The van der Waals surface area contributed by atoms with Crippen molar-refractivity contribution < 1.29 is 24.2 Å². The largest absolute Gasteiger partial charge is 0.507 e. The Morgan fingerprint density at radius 1 is 1.05 bits per heavy atom. The van der Waals surface area contributed by atoms with Crippen molar-refractivity contribution >= 4 is 34.7 Å². The van der Waals surface area contributed by atoms with E-state index in [1.165, 1.54) is 4.90 Å². The number of nitrogens with zero attached hydrogens (tertiary/aromatic N) is 1. The minimum atomic E-state index is -0.848. The molecule has 0 spiro atoms. The molecule has 0 bridgehead atoms. The molecular formula is C30H30ClNO5. The van der Waals surface area contributed by atoms with E-state index in [2.05, 4.69) is 0 Å². The number of halogens is 1. The van der Waals surface area contributed by atoms with Gasteiger partial charge in [0.25, 0.3) is 11.7 Å². The first-order chi connectivity index (χ1) is 17.7. The summed E-state index contributed by atoms with van der Waals surface area (Å²) in [6.07, 6.45) is 0. The van der Waals surface area contributed by atoms with Crippen molar-refractivity contribution in [3.05, 3.63) is 93.5 Å². The molecule has 0 aromatic heterocycles. The molecule has 1 unspecified atom stereocenters. The number of aliphatic hydroxyl groups excluding tert-OH is 1. The first-order valence-corrected chi connectivity index (χ1v) is 12.5. The molecule has 1 aliphatic rings. The van der Waals surface area contributed by atoms with Gasteiger partial charge in [0, 0.05) is 16.3 Å². The number of Topliss-reactive ketones (excluding diaryl/α,β-unsaturated/α-hetero) is 1. The number of ketones is 1. The van der Waals surface area contributed by atoms with E-state index in [1.807, 2.05) is 39.8 Å². The Morgan fingerprint density at radius 3 is 2.27 bits per heavy atom. The zero-order valence-electron chi connectivity index (χ0n) is 21.5. The highest BCUT2D eigenvalue weighted by Crippen LogP contribution is 2.44. The van der Waals surface area contributed by atoms with Crippen LogP contribution in [0.1, 0.15) is 55.0 Å². The van der Waals surface area contributed by atoms with E-state index in [4.69, 9.17) is 21.1 Å². The summed E-state index contributed by atoms with van der Waals surface area (Å²) in [5.41, 5.74) is 3.27. The normalized spacial score (nSPS) is 16.9. The molecule has 1 aliphatic heterocycles. The number of ether oxygens (including phenoxy) is 2. The van der Waals surface area contributed by atoms with Crippen molar-refractivity contribution in [2.45, 2.75) is 39.7 Å². The number of aryl methyl sites for hydroxylation is 1. The third-order valence-corrected chi connectivity index (χ3v) is 6.76. The number of rotatable bonds is 7. The molecule has 1 heterocycles. The molecule has 7 heteroatoms. The summed E-state index contributed by atoms with van der Waals surface area (Å²) >= 11 is 6.13. The van der Waals surface area contributed by atoms with Gasteiger partial charge in [-0.25, -0.2) is 0 Å². The number of hydrogen-bond acceptors (Lipinski definition) is 5. The van der Waals surface area contributed by atoms with Crippen molar-refractivity contribution in [3.8, 4) is 11.5 Å². The molecular weight excluding hydrogens is 490 g/mol. The third kappa shape index (κ3) is 4.94. The molecule has 1 amide bonds. The van der Waals surface area contributed by atoms with Gasteiger partial charge in [0.15, 0.2) is 0 Å². The number of anilines is 1. The van der Waals surface area contributed by atoms with Crippen LogP contribution in [0.2, 0.25) is 5.02 Å². The van der Waals surface area contributed by atoms with Crippen LogP contribution in [0.3, 0.4) is 0 Å². The molecule has 0 radical (unpaired) electrons. The maximum Gasteiger partial charge on any atom is 0.300 e. The zero-order chi connectivity index (χ0) is 26.9. The first kappa shape index (κ1) is 26.3. The lowest BCUT2D eigenvalue weighted by molar-refractivity contribution is -0.132. The van der Waals surface area contributed by atoms with Crippen molar-refractivity contribution in [3.63, 3.8) is 0 Å².